The van der Waals surface area contributed by atoms with E-state index in [0.717, 1.165) is 37.5 Å². The van der Waals surface area contributed by atoms with Crippen LogP contribution in [0.1, 0.15) is 25.0 Å². The molecule has 4 nitrogen and oxygen atoms in total. The first kappa shape index (κ1) is 13.1. The van der Waals surface area contributed by atoms with Crippen LogP contribution < -0.4 is 4.90 Å². The topological polar surface area (TPSA) is 45.6 Å². The van der Waals surface area contributed by atoms with Gasteiger partial charge in [-0.05, 0) is 30.5 Å². The van der Waals surface area contributed by atoms with E-state index < -0.39 is 6.10 Å². The summed E-state index contributed by atoms with van der Waals surface area (Å²) in [6.45, 7) is 4.31. The van der Waals surface area contributed by atoms with Crippen molar-refractivity contribution in [1.29, 1.82) is 0 Å². The molecule has 0 bridgehead atoms. The fourth-order valence-electron chi connectivity index (χ4n) is 2.07. The zero-order valence-corrected chi connectivity index (χ0v) is 11.0. The standard InChI is InChI=1S/C14H20N2O2/c1-11(17)13-3-4-14(15-9-13)16-7-5-12(6-8-16)10-18-2/h3-5,9,11,17H,6-8,10H2,1-2H3. The molecular formula is C14H20N2O2. The Morgan fingerprint density at radius 3 is 2.83 bits per heavy atom. The normalized spacial score (nSPS) is 17.5. The van der Waals surface area contributed by atoms with Crippen molar-refractivity contribution in [2.75, 3.05) is 31.7 Å². The highest BCUT2D eigenvalue weighted by Gasteiger charge is 2.13. The second-order valence-electron chi connectivity index (χ2n) is 4.62. The smallest absolute Gasteiger partial charge is 0.128 e. The van der Waals surface area contributed by atoms with E-state index in [0.29, 0.717) is 0 Å². The van der Waals surface area contributed by atoms with Crippen molar-refractivity contribution >= 4 is 5.82 Å². The van der Waals surface area contributed by atoms with Crippen LogP contribution in [0.25, 0.3) is 0 Å². The molecule has 0 saturated heterocycles. The molecule has 98 valence electrons. The summed E-state index contributed by atoms with van der Waals surface area (Å²) in [7, 11) is 1.73. The lowest BCUT2D eigenvalue weighted by atomic mass is 10.1. The van der Waals surface area contributed by atoms with Crippen molar-refractivity contribution in [3.63, 3.8) is 0 Å². The molecule has 1 atom stereocenters. The molecule has 1 aromatic rings. The minimum absolute atomic E-state index is 0.457. The van der Waals surface area contributed by atoms with Crippen LogP contribution in [0.15, 0.2) is 30.0 Å². The lowest BCUT2D eigenvalue weighted by Crippen LogP contribution is -2.30. The number of pyridine rings is 1. The van der Waals surface area contributed by atoms with Crippen molar-refractivity contribution < 1.29 is 9.84 Å². The van der Waals surface area contributed by atoms with Gasteiger partial charge >= 0.3 is 0 Å². The number of ether oxygens (including phenoxy) is 1. The monoisotopic (exact) mass is 248 g/mol. The molecule has 0 radical (unpaired) electrons. The first-order valence-corrected chi connectivity index (χ1v) is 6.26. The molecule has 1 aliphatic rings. The first-order valence-electron chi connectivity index (χ1n) is 6.26. The Hall–Kier alpha value is -1.39. The fraction of sp³-hybridized carbons (Fsp3) is 0.500. The number of nitrogens with zero attached hydrogens (tertiary/aromatic N) is 2. The Morgan fingerprint density at radius 2 is 2.33 bits per heavy atom. The highest BCUT2D eigenvalue weighted by atomic mass is 16.5. The van der Waals surface area contributed by atoms with Crippen molar-refractivity contribution in [1.82, 2.24) is 4.98 Å². The van der Waals surface area contributed by atoms with E-state index in [1.54, 1.807) is 20.2 Å². The van der Waals surface area contributed by atoms with Crippen molar-refractivity contribution in [2.24, 2.45) is 0 Å². The molecule has 0 amide bonds. The number of rotatable bonds is 4. The van der Waals surface area contributed by atoms with Crippen molar-refractivity contribution in [3.05, 3.63) is 35.5 Å². The quantitative estimate of drug-likeness (QED) is 0.827. The predicted octanol–water partition coefficient (Wildman–Crippen LogP) is 1.92. The summed E-state index contributed by atoms with van der Waals surface area (Å²) in [5.41, 5.74) is 2.21. The molecule has 18 heavy (non-hydrogen) atoms. The molecule has 0 fully saturated rings. The number of aromatic nitrogens is 1. The number of hydrogen-bond acceptors (Lipinski definition) is 4. The summed E-state index contributed by atoms with van der Waals surface area (Å²) in [6.07, 6.45) is 4.51. The third-order valence-electron chi connectivity index (χ3n) is 3.21. The van der Waals surface area contributed by atoms with Gasteiger partial charge in [-0.15, -0.1) is 0 Å². The van der Waals surface area contributed by atoms with E-state index in [1.807, 2.05) is 12.1 Å². The van der Waals surface area contributed by atoms with E-state index in [1.165, 1.54) is 5.57 Å². The third kappa shape index (κ3) is 3.09. The van der Waals surface area contributed by atoms with Gasteiger partial charge in [-0.3, -0.25) is 0 Å². The SMILES string of the molecule is COCC1=CCN(c2ccc(C(C)O)cn2)CC1. The van der Waals surface area contributed by atoms with Crippen LogP contribution >= 0.6 is 0 Å². The van der Waals surface area contributed by atoms with Crippen molar-refractivity contribution in [2.45, 2.75) is 19.4 Å². The molecular weight excluding hydrogens is 228 g/mol. The molecule has 1 N–H and O–H groups in total. The third-order valence-corrected chi connectivity index (χ3v) is 3.21. The fourth-order valence-corrected chi connectivity index (χ4v) is 2.07. The van der Waals surface area contributed by atoms with Gasteiger partial charge in [-0.2, -0.15) is 0 Å². The van der Waals surface area contributed by atoms with Gasteiger partial charge in [-0.25, -0.2) is 4.98 Å². The molecule has 0 spiro atoms. The minimum atomic E-state index is -0.457. The van der Waals surface area contributed by atoms with E-state index >= 15 is 0 Å². The summed E-state index contributed by atoms with van der Waals surface area (Å²) < 4.78 is 5.13. The van der Waals surface area contributed by atoms with Crippen LogP contribution in [0, 0.1) is 0 Å². The second-order valence-corrected chi connectivity index (χ2v) is 4.62. The Bertz CT molecular complexity index is 412. The van der Waals surface area contributed by atoms with Gasteiger partial charge in [0.2, 0.25) is 0 Å². The number of methoxy groups -OCH3 is 1. The molecule has 1 unspecified atom stereocenters. The van der Waals surface area contributed by atoms with Crippen LogP contribution in [0.4, 0.5) is 5.82 Å². The molecule has 4 heteroatoms. The largest absolute Gasteiger partial charge is 0.389 e. The van der Waals surface area contributed by atoms with Gasteiger partial charge in [0.05, 0.1) is 12.7 Å². The summed E-state index contributed by atoms with van der Waals surface area (Å²) >= 11 is 0. The highest BCUT2D eigenvalue weighted by molar-refractivity contribution is 5.42. The zero-order chi connectivity index (χ0) is 13.0. The summed E-state index contributed by atoms with van der Waals surface area (Å²) in [6, 6.07) is 3.90. The van der Waals surface area contributed by atoms with Gasteiger partial charge in [0.15, 0.2) is 0 Å². The van der Waals surface area contributed by atoms with Gasteiger partial charge in [0.25, 0.3) is 0 Å². The lowest BCUT2D eigenvalue weighted by Gasteiger charge is -2.27. The Kier molecular flexibility index (Phi) is 4.33. The zero-order valence-electron chi connectivity index (χ0n) is 11.0. The molecule has 0 saturated carbocycles. The maximum Gasteiger partial charge on any atom is 0.128 e. The van der Waals surface area contributed by atoms with Crippen LogP contribution in [0.5, 0.6) is 0 Å². The number of hydrogen-bond donors (Lipinski definition) is 1. The first-order chi connectivity index (χ1) is 8.70. The van der Waals surface area contributed by atoms with E-state index in [2.05, 4.69) is 16.0 Å². The lowest BCUT2D eigenvalue weighted by molar-refractivity contribution is 0.199. The highest BCUT2D eigenvalue weighted by Crippen LogP contribution is 2.19. The summed E-state index contributed by atoms with van der Waals surface area (Å²) in [5.74, 6) is 0.965. The molecule has 1 aliphatic heterocycles. The maximum absolute atomic E-state index is 9.44. The van der Waals surface area contributed by atoms with E-state index in [4.69, 9.17) is 4.74 Å². The predicted molar refractivity (Wildman–Crippen MR) is 71.7 cm³/mol. The number of aliphatic hydroxyl groups is 1. The number of aliphatic hydroxyl groups excluding tert-OH is 1. The van der Waals surface area contributed by atoms with Crippen LogP contribution in [0.2, 0.25) is 0 Å². The summed E-state index contributed by atoms with van der Waals surface area (Å²) in [5, 5.41) is 9.44. The van der Waals surface area contributed by atoms with E-state index in [-0.39, 0.29) is 0 Å². The van der Waals surface area contributed by atoms with Crippen LogP contribution in [0.3, 0.4) is 0 Å². The minimum Gasteiger partial charge on any atom is -0.389 e. The molecule has 2 heterocycles. The van der Waals surface area contributed by atoms with Gasteiger partial charge in [0, 0.05) is 26.4 Å². The van der Waals surface area contributed by atoms with Gasteiger partial charge in [-0.1, -0.05) is 12.1 Å². The Morgan fingerprint density at radius 1 is 1.50 bits per heavy atom. The number of anilines is 1. The second kappa shape index (κ2) is 5.98. The average Bonchev–Trinajstić information content (AvgIpc) is 2.40. The molecule has 2 rings (SSSR count). The molecule has 0 aliphatic carbocycles. The molecule has 0 aromatic carbocycles. The van der Waals surface area contributed by atoms with Crippen LogP contribution in [-0.4, -0.2) is 36.9 Å². The van der Waals surface area contributed by atoms with Gasteiger partial charge in [0.1, 0.15) is 5.82 Å². The summed E-state index contributed by atoms with van der Waals surface area (Å²) in [4.78, 5) is 6.63. The van der Waals surface area contributed by atoms with Gasteiger partial charge < -0.3 is 14.7 Å². The molecule has 1 aromatic heterocycles. The average molecular weight is 248 g/mol. The Labute approximate surface area is 108 Å². The van der Waals surface area contributed by atoms with Crippen LogP contribution in [-0.2, 0) is 4.74 Å². The Balaban J connectivity index is 2.01. The van der Waals surface area contributed by atoms with Crippen molar-refractivity contribution in [3.8, 4) is 0 Å². The maximum atomic E-state index is 9.44. The van der Waals surface area contributed by atoms with E-state index in [9.17, 15) is 5.11 Å².